The van der Waals surface area contributed by atoms with Crippen LogP contribution in [0.25, 0.3) is 0 Å². The molecule has 3 atom stereocenters. The molecule has 30 heavy (non-hydrogen) atoms. The maximum atomic E-state index is 13.3. The fourth-order valence-corrected chi connectivity index (χ4v) is 3.87. The van der Waals surface area contributed by atoms with Crippen molar-refractivity contribution in [3.63, 3.8) is 0 Å². The highest BCUT2D eigenvalue weighted by Gasteiger charge is 2.41. The molecular weight excluding hydrogens is 406 g/mol. The van der Waals surface area contributed by atoms with Crippen LogP contribution in [-0.4, -0.2) is 38.4 Å². The van der Waals surface area contributed by atoms with E-state index in [1.54, 1.807) is 47.1 Å². The maximum absolute atomic E-state index is 13.3. The fourth-order valence-electron chi connectivity index (χ4n) is 3.74. The molecule has 1 aromatic heterocycles. The number of benzene rings is 2. The highest BCUT2D eigenvalue weighted by atomic mass is 35.5. The summed E-state index contributed by atoms with van der Waals surface area (Å²) in [5.41, 5.74) is 1.44. The van der Waals surface area contributed by atoms with Crippen LogP contribution in [0, 0.1) is 5.92 Å². The first kappa shape index (κ1) is 20.0. The number of ether oxygens (including phenoxy) is 1. The molecule has 1 aliphatic rings. The predicted octanol–water partition coefficient (Wildman–Crippen LogP) is 3.69. The number of carbonyl (C=O) groups is 1. The van der Waals surface area contributed by atoms with Crippen molar-refractivity contribution in [3.05, 3.63) is 59.4 Å². The first-order chi connectivity index (χ1) is 14.5. The van der Waals surface area contributed by atoms with Gasteiger partial charge >= 0.3 is 0 Å². The van der Waals surface area contributed by atoms with Gasteiger partial charge in [0, 0.05) is 16.8 Å². The average molecular weight is 428 g/mol. The second-order valence-electron chi connectivity index (χ2n) is 7.09. The maximum Gasteiger partial charge on any atom is 0.232 e. The molecule has 2 aromatic carbocycles. The molecule has 9 heteroatoms. The van der Waals surface area contributed by atoms with E-state index < -0.39 is 12.0 Å². The number of halogens is 1. The molecule has 1 amide bonds. The summed E-state index contributed by atoms with van der Waals surface area (Å²) in [6, 6.07) is 11.4. The molecule has 0 unspecified atom stereocenters. The number of anilines is 2. The minimum absolute atomic E-state index is 0.0450. The summed E-state index contributed by atoms with van der Waals surface area (Å²) in [6.07, 6.45) is 1.45. The number of aromatic nitrogens is 3. The Morgan fingerprint density at radius 2 is 2.07 bits per heavy atom. The number of fused-ring (bicyclic) bond motifs is 1. The van der Waals surface area contributed by atoms with Crippen molar-refractivity contribution in [1.29, 1.82) is 0 Å². The number of aromatic hydroxyl groups is 1. The number of amides is 1. The summed E-state index contributed by atoms with van der Waals surface area (Å²) in [4.78, 5) is 17.6. The van der Waals surface area contributed by atoms with Gasteiger partial charge in [-0.1, -0.05) is 17.7 Å². The fraction of sp³-hybridized carbons (Fsp3) is 0.286. The third kappa shape index (κ3) is 3.78. The Kier molecular flexibility index (Phi) is 5.50. The van der Waals surface area contributed by atoms with Crippen molar-refractivity contribution in [2.75, 3.05) is 17.2 Å². The summed E-state index contributed by atoms with van der Waals surface area (Å²) in [7, 11) is 0. The lowest BCUT2D eigenvalue weighted by molar-refractivity contribution is -0.121. The Bertz CT molecular complexity index is 1050. The lowest BCUT2D eigenvalue weighted by Gasteiger charge is -2.37. The van der Waals surface area contributed by atoms with E-state index in [4.69, 9.17) is 16.3 Å². The van der Waals surface area contributed by atoms with Gasteiger partial charge < -0.3 is 20.5 Å². The van der Waals surface area contributed by atoms with Crippen LogP contribution in [0.1, 0.15) is 25.5 Å². The molecule has 2 heterocycles. The second-order valence-corrected chi connectivity index (χ2v) is 7.52. The molecule has 0 aliphatic carbocycles. The minimum atomic E-state index is -0.506. The van der Waals surface area contributed by atoms with Crippen LogP contribution in [0.15, 0.2) is 48.8 Å². The standard InChI is InChI=1S/C21H22ClN5O3/c1-3-30-17-10-13(4-9-16(17)28)19-18(12(2)25-21-23-11-24-27(19)21)20(29)26-15-7-5-14(22)6-8-15/h4-12,18-19,28H,3H2,1-2H3,(H,26,29)(H,23,24,25)/t12-,18-,19+/m0/s1. The summed E-state index contributed by atoms with van der Waals surface area (Å²) >= 11 is 5.95. The van der Waals surface area contributed by atoms with E-state index in [0.717, 1.165) is 5.56 Å². The van der Waals surface area contributed by atoms with Gasteiger partial charge in [-0.3, -0.25) is 4.79 Å². The zero-order valence-electron chi connectivity index (χ0n) is 16.5. The number of rotatable bonds is 5. The number of phenols is 1. The molecule has 0 spiro atoms. The molecule has 0 radical (unpaired) electrons. The highest BCUT2D eigenvalue weighted by molar-refractivity contribution is 6.30. The third-order valence-corrected chi connectivity index (χ3v) is 5.36. The van der Waals surface area contributed by atoms with Gasteiger partial charge in [-0.2, -0.15) is 10.1 Å². The van der Waals surface area contributed by atoms with E-state index in [2.05, 4.69) is 20.7 Å². The van der Waals surface area contributed by atoms with Crippen molar-refractivity contribution >= 4 is 29.1 Å². The summed E-state index contributed by atoms with van der Waals surface area (Å²) in [5, 5.41) is 21.2. The van der Waals surface area contributed by atoms with Crippen molar-refractivity contribution in [1.82, 2.24) is 14.8 Å². The minimum Gasteiger partial charge on any atom is -0.504 e. The second kappa shape index (κ2) is 8.23. The Morgan fingerprint density at radius 3 is 2.80 bits per heavy atom. The van der Waals surface area contributed by atoms with Crippen LogP contribution in [0.2, 0.25) is 5.02 Å². The van der Waals surface area contributed by atoms with Crippen molar-refractivity contribution < 1.29 is 14.6 Å². The van der Waals surface area contributed by atoms with Gasteiger partial charge in [0.1, 0.15) is 6.33 Å². The summed E-state index contributed by atoms with van der Waals surface area (Å²) in [6.45, 7) is 4.19. The smallest absolute Gasteiger partial charge is 0.232 e. The zero-order chi connectivity index (χ0) is 21.3. The van der Waals surface area contributed by atoms with E-state index in [9.17, 15) is 9.90 Å². The molecule has 4 rings (SSSR count). The van der Waals surface area contributed by atoms with E-state index in [-0.39, 0.29) is 17.7 Å². The molecule has 0 bridgehead atoms. The molecule has 156 valence electrons. The monoisotopic (exact) mass is 427 g/mol. The third-order valence-electron chi connectivity index (χ3n) is 5.11. The van der Waals surface area contributed by atoms with Crippen LogP contribution < -0.4 is 15.4 Å². The molecule has 0 fully saturated rings. The normalized spacial score (nSPS) is 20.2. The largest absolute Gasteiger partial charge is 0.504 e. The van der Waals surface area contributed by atoms with Gasteiger partial charge in [-0.25, -0.2) is 4.68 Å². The van der Waals surface area contributed by atoms with Crippen LogP contribution >= 0.6 is 11.6 Å². The van der Waals surface area contributed by atoms with Crippen molar-refractivity contribution in [2.45, 2.75) is 25.9 Å². The van der Waals surface area contributed by atoms with E-state index >= 15 is 0 Å². The Hall–Kier alpha value is -3.26. The van der Waals surface area contributed by atoms with Crippen LogP contribution in [-0.2, 0) is 4.79 Å². The molecule has 0 saturated heterocycles. The topological polar surface area (TPSA) is 101 Å². The molecule has 1 aliphatic heterocycles. The number of hydrogen-bond acceptors (Lipinski definition) is 6. The highest BCUT2D eigenvalue weighted by Crippen LogP contribution is 2.39. The molecule has 3 aromatic rings. The Balaban J connectivity index is 1.73. The van der Waals surface area contributed by atoms with Gasteiger partial charge in [-0.05, 0) is 55.8 Å². The lowest BCUT2D eigenvalue weighted by atomic mass is 9.85. The Morgan fingerprint density at radius 1 is 1.30 bits per heavy atom. The Labute approximate surface area is 178 Å². The molecule has 3 N–H and O–H groups in total. The molecular formula is C21H22ClN5O3. The average Bonchev–Trinajstić information content (AvgIpc) is 3.18. The summed E-state index contributed by atoms with van der Waals surface area (Å²) < 4.78 is 7.23. The number of nitrogens with one attached hydrogen (secondary N) is 2. The first-order valence-corrected chi connectivity index (χ1v) is 10.0. The van der Waals surface area contributed by atoms with Crippen LogP contribution in [0.5, 0.6) is 11.5 Å². The first-order valence-electron chi connectivity index (χ1n) is 9.66. The van der Waals surface area contributed by atoms with Crippen LogP contribution in [0.3, 0.4) is 0 Å². The number of hydrogen-bond donors (Lipinski definition) is 3. The molecule has 8 nitrogen and oxygen atoms in total. The van der Waals surface area contributed by atoms with Crippen LogP contribution in [0.4, 0.5) is 11.6 Å². The van der Waals surface area contributed by atoms with Gasteiger partial charge in [0.05, 0.1) is 18.6 Å². The summed E-state index contributed by atoms with van der Waals surface area (Å²) in [5.74, 6) is 0.306. The van der Waals surface area contributed by atoms with Gasteiger partial charge in [-0.15, -0.1) is 0 Å². The number of nitrogens with zero attached hydrogens (tertiary/aromatic N) is 3. The van der Waals surface area contributed by atoms with Gasteiger partial charge in [0.25, 0.3) is 0 Å². The number of carbonyl (C=O) groups excluding carboxylic acids is 1. The quantitative estimate of drug-likeness (QED) is 0.574. The number of phenolic OH excluding ortho intramolecular Hbond substituents is 1. The van der Waals surface area contributed by atoms with Crippen molar-refractivity contribution in [2.24, 2.45) is 5.92 Å². The van der Waals surface area contributed by atoms with E-state index in [1.165, 1.54) is 6.33 Å². The SMILES string of the molecule is CCOc1cc([C@@H]2[C@@H](C(=O)Nc3ccc(Cl)cc3)[C@H](C)Nc3ncnn32)ccc1O. The molecule has 0 saturated carbocycles. The predicted molar refractivity (Wildman–Crippen MR) is 114 cm³/mol. The van der Waals surface area contributed by atoms with Gasteiger partial charge in [0.2, 0.25) is 11.9 Å². The van der Waals surface area contributed by atoms with Crippen molar-refractivity contribution in [3.8, 4) is 11.5 Å². The van der Waals surface area contributed by atoms with E-state index in [0.29, 0.717) is 29.0 Å². The lowest BCUT2D eigenvalue weighted by Crippen LogP contribution is -2.46. The van der Waals surface area contributed by atoms with E-state index in [1.807, 2.05) is 13.8 Å². The van der Waals surface area contributed by atoms with Gasteiger partial charge in [0.15, 0.2) is 11.5 Å². The zero-order valence-corrected chi connectivity index (χ0v) is 17.3.